The van der Waals surface area contributed by atoms with Gasteiger partial charge in [-0.05, 0) is 149 Å². The third-order valence-corrected chi connectivity index (χ3v) is 16.8. The minimum absolute atomic E-state index is 0.123. The lowest BCUT2D eigenvalue weighted by atomic mass is 9.79. The molecule has 0 N–H and O–H groups in total. The monoisotopic (exact) mass is 889 g/mol. The van der Waals surface area contributed by atoms with E-state index < -0.39 is 0 Å². The third-order valence-electron chi connectivity index (χ3n) is 15.5. The number of rotatable bonds is 7. The molecule has 326 valence electrons. The van der Waals surface area contributed by atoms with E-state index in [1.165, 1.54) is 99.5 Å². The minimum atomic E-state index is -0.218. The summed E-state index contributed by atoms with van der Waals surface area (Å²) in [5, 5.41) is 0.489. The fourth-order valence-corrected chi connectivity index (χ4v) is 13.1. The lowest BCUT2D eigenvalue weighted by Gasteiger charge is -2.28. The van der Waals surface area contributed by atoms with Crippen LogP contribution in [0.1, 0.15) is 61.4 Å². The number of nitrogens with zero attached hydrogens (tertiary/aromatic N) is 1. The molecule has 0 spiro atoms. The highest BCUT2D eigenvalue weighted by molar-refractivity contribution is 8.00. The SMILES string of the molecule is CC1(C)c2cc(N(c3ccc(-c4ccc(-c5ccccc5)cc4)cc3)c3ccc(-c4ccc5c(c4)SC4C=CC=CC54)cc3)ccc2-c2cc3c(cc21)-c1c(-c2ccccc2)cccc1C3(C)C. The van der Waals surface area contributed by atoms with Crippen LogP contribution in [0.4, 0.5) is 17.1 Å². The van der Waals surface area contributed by atoms with Crippen LogP contribution in [0, 0.1) is 0 Å². The number of anilines is 3. The molecule has 9 aromatic rings. The zero-order valence-corrected chi connectivity index (χ0v) is 39.7. The summed E-state index contributed by atoms with van der Waals surface area (Å²) in [6, 6.07) is 75.0. The summed E-state index contributed by atoms with van der Waals surface area (Å²) < 4.78 is 0. The number of hydrogen-bond donors (Lipinski definition) is 0. The summed E-state index contributed by atoms with van der Waals surface area (Å²) in [5.74, 6) is 0.465. The number of thioether (sulfide) groups is 1. The summed E-state index contributed by atoms with van der Waals surface area (Å²) in [7, 11) is 0. The zero-order valence-electron chi connectivity index (χ0n) is 38.9. The molecule has 1 aliphatic heterocycles. The van der Waals surface area contributed by atoms with Crippen molar-refractivity contribution in [2.75, 3.05) is 4.90 Å². The van der Waals surface area contributed by atoms with E-state index in [9.17, 15) is 0 Å². The van der Waals surface area contributed by atoms with Gasteiger partial charge in [0.15, 0.2) is 0 Å². The second kappa shape index (κ2) is 15.6. The minimum Gasteiger partial charge on any atom is -0.310 e. The molecule has 4 aliphatic rings. The highest BCUT2D eigenvalue weighted by Gasteiger charge is 2.43. The van der Waals surface area contributed by atoms with E-state index in [0.29, 0.717) is 11.2 Å². The van der Waals surface area contributed by atoms with Crippen molar-refractivity contribution in [3.63, 3.8) is 0 Å². The molecule has 0 amide bonds. The Bertz CT molecular complexity index is 3500. The van der Waals surface area contributed by atoms with Crippen LogP contribution in [-0.4, -0.2) is 5.25 Å². The lowest BCUT2D eigenvalue weighted by Crippen LogP contribution is -2.17. The van der Waals surface area contributed by atoms with Crippen LogP contribution in [0.5, 0.6) is 0 Å². The van der Waals surface area contributed by atoms with Crippen LogP contribution < -0.4 is 4.90 Å². The van der Waals surface area contributed by atoms with Crippen molar-refractivity contribution < 1.29 is 0 Å². The topological polar surface area (TPSA) is 3.24 Å². The normalized spacial score (nSPS) is 17.2. The highest BCUT2D eigenvalue weighted by atomic mass is 32.2. The summed E-state index contributed by atoms with van der Waals surface area (Å²) >= 11 is 1.99. The summed E-state index contributed by atoms with van der Waals surface area (Å²) in [5.41, 5.74) is 25.4. The first-order valence-corrected chi connectivity index (χ1v) is 24.9. The van der Waals surface area contributed by atoms with Gasteiger partial charge in [0.1, 0.15) is 0 Å². The standard InChI is InChI=1S/C66H51NS/c1-65(2)58-20-13-19-52(47-16-9-6-10-17-47)64(58)57-41-60-56(40-61(57)65)53-37-35-51(39-59(53)66(60,3)4)67(49-31-26-45(27-32-49)44-24-22-43(23-25-44)42-14-7-5-8-15-42)50-33-28-46(29-34-50)48-30-36-55-54-18-11-12-21-62(54)68-63(55)38-48/h5-41,54,62H,1-4H3. The molecule has 0 radical (unpaired) electrons. The zero-order chi connectivity index (χ0) is 45.7. The number of fused-ring (bicyclic) bond motifs is 9. The Hall–Kier alpha value is -7.39. The van der Waals surface area contributed by atoms with Gasteiger partial charge in [-0.15, -0.1) is 11.8 Å². The van der Waals surface area contributed by atoms with E-state index >= 15 is 0 Å². The Kier molecular flexibility index (Phi) is 9.36. The number of allylic oxidation sites excluding steroid dienone is 3. The highest BCUT2D eigenvalue weighted by Crippen LogP contribution is 2.58. The first-order valence-electron chi connectivity index (χ1n) is 24.1. The van der Waals surface area contributed by atoms with Gasteiger partial charge in [-0.1, -0.05) is 198 Å². The maximum absolute atomic E-state index is 2.55. The predicted molar refractivity (Wildman–Crippen MR) is 289 cm³/mol. The van der Waals surface area contributed by atoms with Gasteiger partial charge in [0.2, 0.25) is 0 Å². The van der Waals surface area contributed by atoms with Crippen LogP contribution in [0.25, 0.3) is 66.8 Å². The first-order chi connectivity index (χ1) is 33.2. The van der Waals surface area contributed by atoms with Gasteiger partial charge in [0.25, 0.3) is 0 Å². The molecule has 0 aromatic heterocycles. The quantitative estimate of drug-likeness (QED) is 0.157. The predicted octanol–water partition coefficient (Wildman–Crippen LogP) is 18.1. The molecule has 2 heteroatoms. The average molecular weight is 890 g/mol. The summed E-state index contributed by atoms with van der Waals surface area (Å²) in [6.45, 7) is 9.65. The molecule has 0 saturated heterocycles. The van der Waals surface area contributed by atoms with E-state index in [1.54, 1.807) is 0 Å². The van der Waals surface area contributed by atoms with Crippen molar-refractivity contribution in [1.29, 1.82) is 0 Å². The first kappa shape index (κ1) is 40.8. The molecular formula is C66H51NS. The van der Waals surface area contributed by atoms with Crippen LogP contribution in [0.2, 0.25) is 0 Å². The van der Waals surface area contributed by atoms with E-state index in [2.05, 4.69) is 257 Å². The van der Waals surface area contributed by atoms with Crippen LogP contribution in [0.15, 0.2) is 229 Å². The maximum Gasteiger partial charge on any atom is 0.0465 e. The Labute approximate surface area is 405 Å². The smallest absolute Gasteiger partial charge is 0.0465 e. The van der Waals surface area contributed by atoms with E-state index in [1.807, 2.05) is 11.8 Å². The average Bonchev–Trinajstić information content (AvgIpc) is 3.95. The van der Waals surface area contributed by atoms with Crippen LogP contribution in [0.3, 0.4) is 0 Å². The fraction of sp³-hybridized carbons (Fsp3) is 0.121. The van der Waals surface area contributed by atoms with E-state index in [-0.39, 0.29) is 10.8 Å². The molecule has 0 fully saturated rings. The maximum atomic E-state index is 2.55. The summed E-state index contributed by atoms with van der Waals surface area (Å²) in [4.78, 5) is 3.84. The molecule has 1 nitrogen and oxygen atoms in total. The van der Waals surface area contributed by atoms with Gasteiger partial charge < -0.3 is 4.90 Å². The van der Waals surface area contributed by atoms with Gasteiger partial charge in [-0.2, -0.15) is 0 Å². The van der Waals surface area contributed by atoms with Gasteiger partial charge in [0.05, 0.1) is 0 Å². The second-order valence-corrected chi connectivity index (χ2v) is 21.2. The van der Waals surface area contributed by atoms with Gasteiger partial charge >= 0.3 is 0 Å². The van der Waals surface area contributed by atoms with Crippen molar-refractivity contribution >= 4 is 28.8 Å². The Morgan fingerprint density at radius 3 is 1.56 bits per heavy atom. The van der Waals surface area contributed by atoms with E-state index in [4.69, 9.17) is 0 Å². The third kappa shape index (κ3) is 6.45. The van der Waals surface area contributed by atoms with Crippen molar-refractivity contribution in [3.05, 3.63) is 252 Å². The molecule has 9 aromatic carbocycles. The van der Waals surface area contributed by atoms with E-state index in [0.717, 1.165) is 17.1 Å². The molecule has 2 unspecified atom stereocenters. The Morgan fingerprint density at radius 1 is 0.368 bits per heavy atom. The molecule has 1 heterocycles. The molecule has 3 aliphatic carbocycles. The number of benzene rings is 9. The van der Waals surface area contributed by atoms with Gasteiger partial charge in [-0.25, -0.2) is 0 Å². The fourth-order valence-electron chi connectivity index (χ4n) is 11.8. The largest absolute Gasteiger partial charge is 0.310 e. The molecule has 0 bridgehead atoms. The Morgan fingerprint density at radius 2 is 0.882 bits per heavy atom. The van der Waals surface area contributed by atoms with Crippen LogP contribution >= 0.6 is 11.8 Å². The molecule has 2 atom stereocenters. The van der Waals surface area contributed by atoms with Crippen molar-refractivity contribution in [2.24, 2.45) is 0 Å². The second-order valence-electron chi connectivity index (χ2n) is 20.0. The molecule has 0 saturated carbocycles. The molecule has 68 heavy (non-hydrogen) atoms. The lowest BCUT2D eigenvalue weighted by molar-refractivity contribution is 0.652. The van der Waals surface area contributed by atoms with Crippen molar-refractivity contribution in [2.45, 2.75) is 54.6 Å². The van der Waals surface area contributed by atoms with Gasteiger partial charge in [0, 0.05) is 44.0 Å². The molecular weight excluding hydrogens is 839 g/mol. The molecule has 13 rings (SSSR count). The van der Waals surface area contributed by atoms with Crippen LogP contribution in [-0.2, 0) is 10.8 Å². The van der Waals surface area contributed by atoms with Gasteiger partial charge in [-0.3, -0.25) is 0 Å². The summed E-state index contributed by atoms with van der Waals surface area (Å²) in [6.07, 6.45) is 9.08. The van der Waals surface area contributed by atoms with Crippen molar-refractivity contribution in [3.8, 4) is 66.8 Å². The Balaban J connectivity index is 0.888. The number of hydrogen-bond acceptors (Lipinski definition) is 2. The van der Waals surface area contributed by atoms with Crippen molar-refractivity contribution in [1.82, 2.24) is 0 Å².